The largest absolute Gasteiger partial charge is 0.126 e. The molecule has 0 nitrogen and oxygen atoms in total. The van der Waals surface area contributed by atoms with Gasteiger partial charge in [-0.25, -0.2) is 0 Å². The monoisotopic (exact) mass is 94.1 g/mol. The molecule has 38 valence electrons. The fraction of sp³-hybridized carbons (Fsp3) is 0.571. The summed E-state index contributed by atoms with van der Waals surface area (Å²) >= 11 is 0. The molecule has 0 unspecified atom stereocenters. The maximum atomic E-state index is 3.17. The number of allylic oxidation sites excluding steroid dienone is 1. The molecule has 0 radical (unpaired) electrons. The molecule has 1 aliphatic carbocycles. The van der Waals surface area contributed by atoms with Gasteiger partial charge in [-0.3, -0.25) is 0 Å². The molecule has 1 aliphatic rings. The lowest BCUT2D eigenvalue weighted by Gasteiger charge is -1.98. The van der Waals surface area contributed by atoms with Gasteiger partial charge in [0.15, 0.2) is 0 Å². The van der Waals surface area contributed by atoms with Crippen LogP contribution < -0.4 is 0 Å². The standard InChI is InChI=1S/C7H10/c1-7-5-3-2-4-6-7/h3H,2,4,6H2,1H3. The maximum Gasteiger partial charge on any atom is -0.0244 e. The molecule has 0 fully saturated rings. The molecule has 0 aliphatic heterocycles. The van der Waals surface area contributed by atoms with Crippen molar-refractivity contribution in [1.82, 2.24) is 0 Å². The van der Waals surface area contributed by atoms with E-state index in [9.17, 15) is 0 Å². The van der Waals surface area contributed by atoms with Gasteiger partial charge < -0.3 is 0 Å². The SMILES string of the molecule is CC1=C=CCCC1. The van der Waals surface area contributed by atoms with Crippen LogP contribution in [0.1, 0.15) is 26.2 Å². The highest BCUT2D eigenvalue weighted by Gasteiger charge is 1.90. The van der Waals surface area contributed by atoms with Crippen molar-refractivity contribution in [2.75, 3.05) is 0 Å². The zero-order chi connectivity index (χ0) is 5.11. The molecule has 0 aromatic rings. The Morgan fingerprint density at radius 3 is 2.86 bits per heavy atom. The molecule has 0 saturated carbocycles. The van der Waals surface area contributed by atoms with Crippen LogP contribution in [0.15, 0.2) is 17.4 Å². The third kappa shape index (κ3) is 1.21. The fourth-order valence-electron chi connectivity index (χ4n) is 0.788. The van der Waals surface area contributed by atoms with Crippen molar-refractivity contribution in [3.05, 3.63) is 17.4 Å². The minimum absolute atomic E-state index is 1.23. The zero-order valence-corrected chi connectivity index (χ0v) is 4.70. The van der Waals surface area contributed by atoms with E-state index in [4.69, 9.17) is 0 Å². The predicted octanol–water partition coefficient (Wildman–Crippen LogP) is 2.27. The van der Waals surface area contributed by atoms with Gasteiger partial charge in [0.1, 0.15) is 0 Å². The second-order valence-electron chi connectivity index (χ2n) is 2.02. The molecule has 0 saturated heterocycles. The number of rotatable bonds is 0. The van der Waals surface area contributed by atoms with Gasteiger partial charge in [0.2, 0.25) is 0 Å². The third-order valence-corrected chi connectivity index (χ3v) is 1.25. The first-order chi connectivity index (χ1) is 3.39. The molecule has 0 aromatic heterocycles. The lowest BCUT2D eigenvalue weighted by molar-refractivity contribution is 0.815. The molecule has 0 amide bonds. The molecular weight excluding hydrogens is 84.1 g/mol. The normalized spacial score (nSPS) is 19.3. The molecule has 0 spiro atoms. The van der Waals surface area contributed by atoms with E-state index in [1.807, 2.05) is 0 Å². The highest BCUT2D eigenvalue weighted by atomic mass is 14.0. The topological polar surface area (TPSA) is 0 Å². The van der Waals surface area contributed by atoms with Crippen LogP contribution in [0.25, 0.3) is 0 Å². The molecular formula is C7H10. The molecule has 1 rings (SSSR count). The Labute approximate surface area is 44.5 Å². The quantitative estimate of drug-likeness (QED) is 0.404. The van der Waals surface area contributed by atoms with Crippen LogP contribution >= 0.6 is 0 Å². The second kappa shape index (κ2) is 1.99. The molecule has 0 atom stereocenters. The van der Waals surface area contributed by atoms with Gasteiger partial charge in [0.05, 0.1) is 0 Å². The lowest BCUT2D eigenvalue weighted by Crippen LogP contribution is -1.79. The average molecular weight is 94.2 g/mol. The average Bonchev–Trinajstić information content (AvgIpc) is 1.69. The lowest BCUT2D eigenvalue weighted by atomic mass is 10.1. The van der Waals surface area contributed by atoms with Crippen LogP contribution in [0.3, 0.4) is 0 Å². The first-order valence-electron chi connectivity index (χ1n) is 2.80. The van der Waals surface area contributed by atoms with E-state index in [2.05, 4.69) is 18.7 Å². The molecule has 0 aromatic carbocycles. The van der Waals surface area contributed by atoms with E-state index in [1.54, 1.807) is 0 Å². The van der Waals surface area contributed by atoms with E-state index in [-0.39, 0.29) is 0 Å². The van der Waals surface area contributed by atoms with E-state index in [0.29, 0.717) is 0 Å². The summed E-state index contributed by atoms with van der Waals surface area (Å²) in [4.78, 5) is 0. The van der Waals surface area contributed by atoms with Crippen molar-refractivity contribution in [3.63, 3.8) is 0 Å². The van der Waals surface area contributed by atoms with Crippen molar-refractivity contribution in [2.45, 2.75) is 26.2 Å². The smallest absolute Gasteiger partial charge is 0.0244 e. The number of hydrogen-bond donors (Lipinski definition) is 0. The summed E-state index contributed by atoms with van der Waals surface area (Å²) in [5, 5.41) is 0. The van der Waals surface area contributed by atoms with Crippen LogP contribution in [0.5, 0.6) is 0 Å². The van der Waals surface area contributed by atoms with Crippen LogP contribution in [0.4, 0.5) is 0 Å². The highest BCUT2D eigenvalue weighted by molar-refractivity contribution is 5.01. The van der Waals surface area contributed by atoms with Crippen LogP contribution in [0.2, 0.25) is 0 Å². The Hall–Kier alpha value is -0.480. The summed E-state index contributed by atoms with van der Waals surface area (Å²) in [6.45, 7) is 2.13. The first kappa shape index (κ1) is 4.67. The summed E-state index contributed by atoms with van der Waals surface area (Å²) in [5.41, 5.74) is 4.58. The first-order valence-corrected chi connectivity index (χ1v) is 2.80. The Morgan fingerprint density at radius 1 is 1.71 bits per heavy atom. The minimum Gasteiger partial charge on any atom is -0.126 e. The maximum absolute atomic E-state index is 3.17. The highest BCUT2D eigenvalue weighted by Crippen LogP contribution is 2.09. The third-order valence-electron chi connectivity index (χ3n) is 1.25. The van der Waals surface area contributed by atoms with Gasteiger partial charge in [-0.15, -0.1) is 5.73 Å². The van der Waals surface area contributed by atoms with Crippen LogP contribution in [0, 0.1) is 0 Å². The van der Waals surface area contributed by atoms with Gasteiger partial charge in [-0.2, -0.15) is 0 Å². The van der Waals surface area contributed by atoms with Crippen molar-refractivity contribution in [1.29, 1.82) is 0 Å². The van der Waals surface area contributed by atoms with Crippen molar-refractivity contribution in [2.24, 2.45) is 0 Å². The van der Waals surface area contributed by atoms with E-state index in [1.165, 1.54) is 24.8 Å². The fourth-order valence-corrected chi connectivity index (χ4v) is 0.788. The van der Waals surface area contributed by atoms with E-state index < -0.39 is 0 Å². The molecule has 0 N–H and O–H groups in total. The minimum atomic E-state index is 1.23. The van der Waals surface area contributed by atoms with Gasteiger partial charge in [-0.1, -0.05) is 0 Å². The Morgan fingerprint density at radius 2 is 2.57 bits per heavy atom. The van der Waals surface area contributed by atoms with Crippen molar-refractivity contribution in [3.8, 4) is 0 Å². The predicted molar refractivity (Wildman–Crippen MR) is 31.1 cm³/mol. The summed E-state index contributed by atoms with van der Waals surface area (Å²) in [6, 6.07) is 0. The van der Waals surface area contributed by atoms with E-state index in [0.717, 1.165) is 0 Å². The van der Waals surface area contributed by atoms with Gasteiger partial charge in [0.25, 0.3) is 0 Å². The Kier molecular flexibility index (Phi) is 1.33. The van der Waals surface area contributed by atoms with Gasteiger partial charge in [0, 0.05) is 0 Å². The summed E-state index contributed by atoms with van der Waals surface area (Å²) in [7, 11) is 0. The van der Waals surface area contributed by atoms with Crippen molar-refractivity contribution >= 4 is 0 Å². The van der Waals surface area contributed by atoms with Gasteiger partial charge in [-0.05, 0) is 37.8 Å². The summed E-state index contributed by atoms with van der Waals surface area (Å²) in [6.07, 6.45) is 5.95. The zero-order valence-electron chi connectivity index (χ0n) is 4.70. The van der Waals surface area contributed by atoms with E-state index >= 15 is 0 Å². The molecule has 0 heteroatoms. The Bertz CT molecular complexity index is 114. The van der Waals surface area contributed by atoms with Crippen LogP contribution in [-0.4, -0.2) is 0 Å². The second-order valence-corrected chi connectivity index (χ2v) is 2.02. The van der Waals surface area contributed by atoms with Gasteiger partial charge >= 0.3 is 0 Å². The van der Waals surface area contributed by atoms with Crippen LogP contribution in [-0.2, 0) is 0 Å². The molecule has 7 heavy (non-hydrogen) atoms. The Balaban J connectivity index is 2.68. The number of hydrogen-bond acceptors (Lipinski definition) is 0. The summed E-state index contributed by atoms with van der Waals surface area (Å²) in [5.74, 6) is 0. The molecule has 0 heterocycles. The van der Waals surface area contributed by atoms with Crippen molar-refractivity contribution < 1.29 is 0 Å². The summed E-state index contributed by atoms with van der Waals surface area (Å²) < 4.78 is 0. The molecule has 0 bridgehead atoms.